The minimum Gasteiger partial charge on any atom is -0.504 e. The molecule has 0 aliphatic rings. The van der Waals surface area contributed by atoms with Gasteiger partial charge in [-0.25, -0.2) is 0 Å². The molecule has 0 amide bonds. The molecule has 0 saturated carbocycles. The summed E-state index contributed by atoms with van der Waals surface area (Å²) in [6.07, 6.45) is 1.42. The molecule has 0 heterocycles. The van der Waals surface area contributed by atoms with E-state index in [0.29, 0.717) is 48.1 Å². The Kier molecular flexibility index (Phi) is 14.7. The number of aromatic hydroxyl groups is 1. The van der Waals surface area contributed by atoms with Crippen molar-refractivity contribution < 1.29 is 48.0 Å². The summed E-state index contributed by atoms with van der Waals surface area (Å²) in [6, 6.07) is 6.22. The molecule has 12 heteroatoms. The average molecular weight is 700 g/mol. The van der Waals surface area contributed by atoms with Gasteiger partial charge in [-0.15, -0.1) is 0 Å². The number of methoxy groups -OCH3 is 2. The lowest BCUT2D eigenvalue weighted by Crippen LogP contribution is -2.05. The van der Waals surface area contributed by atoms with Gasteiger partial charge in [-0.2, -0.15) is 0 Å². The molecule has 2 aromatic rings. The third-order valence-corrected chi connectivity index (χ3v) is 4.95. The Morgan fingerprint density at radius 2 is 1.21 bits per heavy atom. The first-order chi connectivity index (χ1) is 15.9. The number of benzene rings is 2. The van der Waals surface area contributed by atoms with Crippen LogP contribution in [0.3, 0.4) is 0 Å². The number of phenols is 1. The number of carbonyl (C=O) groups is 5. The highest BCUT2D eigenvalue weighted by Gasteiger charge is 2.13. The monoisotopic (exact) mass is 700 g/mol. The Morgan fingerprint density at radius 3 is 1.56 bits per heavy atom. The highest BCUT2D eigenvalue weighted by molar-refractivity contribution is 14.1. The molecule has 1 N–H and O–H groups in total. The molecule has 0 aromatic heterocycles. The van der Waals surface area contributed by atoms with Crippen molar-refractivity contribution in [2.75, 3.05) is 14.2 Å². The second kappa shape index (κ2) is 16.0. The van der Waals surface area contributed by atoms with E-state index in [2.05, 4.69) is 4.74 Å². The zero-order valence-corrected chi connectivity index (χ0v) is 23.2. The van der Waals surface area contributed by atoms with Crippen LogP contribution in [0, 0.1) is 7.14 Å². The second-order valence-electron chi connectivity index (χ2n) is 6.00. The molecule has 0 spiro atoms. The maximum atomic E-state index is 10.8. The van der Waals surface area contributed by atoms with Gasteiger partial charge in [-0.05, 0) is 69.4 Å². The lowest BCUT2D eigenvalue weighted by atomic mass is 10.2. The predicted molar refractivity (Wildman–Crippen MR) is 138 cm³/mol. The van der Waals surface area contributed by atoms with Gasteiger partial charge in [-0.3, -0.25) is 24.0 Å². The molecule has 34 heavy (non-hydrogen) atoms. The number of rotatable bonds is 5. The predicted octanol–water partition coefficient (Wildman–Crippen LogP) is 3.95. The van der Waals surface area contributed by atoms with Gasteiger partial charge in [0.2, 0.25) is 0 Å². The minimum absolute atomic E-state index is 0.0729. The van der Waals surface area contributed by atoms with Crippen LogP contribution >= 0.6 is 45.2 Å². The number of hydrogen-bond acceptors (Lipinski definition) is 10. The number of aldehydes is 2. The van der Waals surface area contributed by atoms with Crippen LogP contribution in [0.4, 0.5) is 0 Å². The molecule has 2 rings (SSSR count). The smallest absolute Gasteiger partial charge is 0.310 e. The molecular weight excluding hydrogens is 678 g/mol. The number of hydrogen-bond donors (Lipinski definition) is 1. The molecule has 0 aliphatic carbocycles. The Bertz CT molecular complexity index is 1040. The molecule has 0 bridgehead atoms. The lowest BCUT2D eigenvalue weighted by Gasteiger charge is -2.10. The van der Waals surface area contributed by atoms with Crippen LogP contribution in [0.5, 0.6) is 23.0 Å². The van der Waals surface area contributed by atoms with E-state index in [-0.39, 0.29) is 5.75 Å². The Morgan fingerprint density at radius 1 is 0.765 bits per heavy atom. The molecular formula is C22H22I2O10. The van der Waals surface area contributed by atoms with Gasteiger partial charge in [0.25, 0.3) is 0 Å². The average Bonchev–Trinajstić information content (AvgIpc) is 2.76. The fourth-order valence-electron chi connectivity index (χ4n) is 2.07. The normalized spacial score (nSPS) is 9.15. The Balaban J connectivity index is 0.000000514. The van der Waals surface area contributed by atoms with E-state index in [1.165, 1.54) is 47.1 Å². The largest absolute Gasteiger partial charge is 0.504 e. The fourth-order valence-corrected chi connectivity index (χ4v) is 3.43. The quantitative estimate of drug-likeness (QED) is 0.160. The fraction of sp³-hybridized carbons (Fsp3) is 0.227. The van der Waals surface area contributed by atoms with E-state index in [4.69, 9.17) is 14.2 Å². The van der Waals surface area contributed by atoms with Crippen molar-refractivity contribution >= 4 is 75.7 Å². The van der Waals surface area contributed by atoms with Crippen molar-refractivity contribution in [3.05, 3.63) is 42.5 Å². The maximum absolute atomic E-state index is 10.8. The highest BCUT2D eigenvalue weighted by atomic mass is 127. The van der Waals surface area contributed by atoms with Crippen molar-refractivity contribution in [2.45, 2.75) is 20.8 Å². The van der Waals surface area contributed by atoms with Gasteiger partial charge < -0.3 is 24.1 Å². The summed E-state index contributed by atoms with van der Waals surface area (Å²) >= 11 is 3.91. The standard InChI is InChI=1S/C10H9IO4.C8H7IO3.C4H6O3/c1-6(13)15-10-8(11)3-7(5-12)4-9(10)14-2;1-12-7-3-5(4-10)2-6(9)8(7)11;1-3(5)7-4(2)6/h3-5H,1-2H3;2-4,11H,1H3;1-2H3. The number of carbonyl (C=O) groups excluding carboxylic acids is 5. The molecule has 0 radical (unpaired) electrons. The van der Waals surface area contributed by atoms with Gasteiger partial charge in [0.15, 0.2) is 23.0 Å². The van der Waals surface area contributed by atoms with E-state index < -0.39 is 17.9 Å². The molecule has 0 aliphatic heterocycles. The topological polar surface area (TPSA) is 143 Å². The van der Waals surface area contributed by atoms with Crippen LogP contribution in [0.2, 0.25) is 0 Å². The maximum Gasteiger partial charge on any atom is 0.310 e. The van der Waals surface area contributed by atoms with Crippen LogP contribution in [0.1, 0.15) is 41.5 Å². The summed E-state index contributed by atoms with van der Waals surface area (Å²) in [6.45, 7) is 3.67. The molecule has 0 fully saturated rings. The van der Waals surface area contributed by atoms with Crippen molar-refractivity contribution in [1.82, 2.24) is 0 Å². The van der Waals surface area contributed by atoms with Gasteiger partial charge in [0, 0.05) is 31.9 Å². The molecule has 0 atom stereocenters. The number of phenolic OH excluding ortho intramolecular Hbond substituents is 1. The van der Waals surface area contributed by atoms with E-state index in [9.17, 15) is 29.1 Å². The Labute approximate surface area is 223 Å². The second-order valence-corrected chi connectivity index (χ2v) is 8.33. The van der Waals surface area contributed by atoms with Crippen LogP contribution < -0.4 is 14.2 Å². The molecule has 0 unspecified atom stereocenters. The zero-order valence-electron chi connectivity index (χ0n) is 18.8. The van der Waals surface area contributed by atoms with Crippen molar-refractivity contribution in [1.29, 1.82) is 0 Å². The van der Waals surface area contributed by atoms with Gasteiger partial charge >= 0.3 is 17.9 Å². The van der Waals surface area contributed by atoms with E-state index >= 15 is 0 Å². The van der Waals surface area contributed by atoms with Crippen LogP contribution in [-0.4, -0.2) is 49.8 Å². The highest BCUT2D eigenvalue weighted by Crippen LogP contribution is 2.33. The van der Waals surface area contributed by atoms with Crippen molar-refractivity contribution in [3.8, 4) is 23.0 Å². The third kappa shape index (κ3) is 11.4. The molecule has 0 saturated heterocycles. The summed E-state index contributed by atoms with van der Waals surface area (Å²) in [5, 5.41) is 9.37. The van der Waals surface area contributed by atoms with Crippen LogP contribution in [0.15, 0.2) is 24.3 Å². The molecule has 2 aromatic carbocycles. The Hall–Kier alpha value is -2.75. The summed E-state index contributed by atoms with van der Waals surface area (Å²) in [5.74, 6) is -0.437. The lowest BCUT2D eigenvalue weighted by molar-refractivity contribution is -0.156. The van der Waals surface area contributed by atoms with Crippen molar-refractivity contribution in [2.24, 2.45) is 0 Å². The number of esters is 3. The third-order valence-electron chi connectivity index (χ3n) is 3.33. The SMILES string of the molecule is CC(=O)OC(C)=O.COc1cc(C=O)cc(I)c1O.COc1cc(C=O)cc(I)c1OC(C)=O. The number of ether oxygens (including phenoxy) is 4. The summed E-state index contributed by atoms with van der Waals surface area (Å²) in [5.41, 5.74) is 0.973. The minimum atomic E-state index is -0.562. The molecule has 10 nitrogen and oxygen atoms in total. The summed E-state index contributed by atoms with van der Waals surface area (Å²) in [4.78, 5) is 51.5. The molecule has 184 valence electrons. The van der Waals surface area contributed by atoms with Gasteiger partial charge in [0.05, 0.1) is 21.4 Å². The number of halogens is 2. The van der Waals surface area contributed by atoms with E-state index in [1.54, 1.807) is 12.1 Å². The van der Waals surface area contributed by atoms with Crippen molar-refractivity contribution in [3.63, 3.8) is 0 Å². The first-order valence-corrected chi connectivity index (χ1v) is 11.3. The van der Waals surface area contributed by atoms with Crippen LogP contribution in [-0.2, 0) is 19.1 Å². The summed E-state index contributed by atoms with van der Waals surface area (Å²) in [7, 11) is 2.90. The van der Waals surface area contributed by atoms with E-state index in [1.807, 2.05) is 45.2 Å². The summed E-state index contributed by atoms with van der Waals surface area (Å²) < 4.78 is 20.1. The van der Waals surface area contributed by atoms with Gasteiger partial charge in [0.1, 0.15) is 12.6 Å². The zero-order chi connectivity index (χ0) is 26.4. The van der Waals surface area contributed by atoms with Crippen LogP contribution in [0.25, 0.3) is 0 Å². The van der Waals surface area contributed by atoms with Gasteiger partial charge in [-0.1, -0.05) is 0 Å². The van der Waals surface area contributed by atoms with E-state index in [0.717, 1.165) is 0 Å². The first kappa shape index (κ1) is 31.2. The first-order valence-electron chi connectivity index (χ1n) is 9.11.